The molecule has 2 aromatic rings. The maximum absolute atomic E-state index is 11.6. The van der Waals surface area contributed by atoms with Gasteiger partial charge in [-0.1, -0.05) is 11.6 Å². The van der Waals surface area contributed by atoms with Gasteiger partial charge < -0.3 is 4.74 Å². The summed E-state index contributed by atoms with van der Waals surface area (Å²) in [5.41, 5.74) is 0.253. The number of rotatable bonds is 3. The molecular weight excluding hydrogens is 270 g/mol. The van der Waals surface area contributed by atoms with Crippen LogP contribution in [0.2, 0.25) is 5.02 Å². The molecule has 0 aliphatic rings. The van der Waals surface area contributed by atoms with Gasteiger partial charge in [-0.2, -0.15) is 0 Å². The Morgan fingerprint density at radius 1 is 1.47 bits per heavy atom. The number of hydrogen-bond donors (Lipinski definition) is 0. The van der Waals surface area contributed by atoms with Gasteiger partial charge >= 0.3 is 11.7 Å². The Bertz CT molecular complexity index is 669. The van der Waals surface area contributed by atoms with Crippen molar-refractivity contribution in [1.29, 1.82) is 0 Å². The van der Waals surface area contributed by atoms with Crippen molar-refractivity contribution < 1.29 is 9.53 Å². The Morgan fingerprint density at radius 2 is 2.26 bits per heavy atom. The summed E-state index contributed by atoms with van der Waals surface area (Å²) in [6, 6.07) is 3.20. The van der Waals surface area contributed by atoms with E-state index in [1.54, 1.807) is 12.1 Å². The Hall–Kier alpha value is -2.21. The first-order valence-corrected chi connectivity index (χ1v) is 5.74. The van der Waals surface area contributed by atoms with Crippen molar-refractivity contribution in [3.8, 4) is 0 Å². The number of aromatic nitrogens is 3. The normalized spacial score (nSPS) is 10.2. The lowest BCUT2D eigenvalue weighted by Crippen LogP contribution is -2.24. The summed E-state index contributed by atoms with van der Waals surface area (Å²) >= 11 is 5.78. The van der Waals surface area contributed by atoms with Crippen LogP contribution in [0.4, 0.5) is 0 Å². The highest BCUT2D eigenvalue weighted by molar-refractivity contribution is 6.30. The molecule has 2 aromatic heterocycles. The minimum atomic E-state index is -0.508. The number of hydrogen-bond acceptors (Lipinski definition) is 5. The number of methoxy groups -OCH3 is 1. The van der Waals surface area contributed by atoms with Gasteiger partial charge in [-0.3, -0.25) is 9.55 Å². The number of nitrogens with zero attached hydrogens (tertiary/aromatic N) is 3. The number of carbonyl (C=O) groups is 1. The fraction of sp³-hybridized carbons (Fsp3) is 0.167. The lowest BCUT2D eigenvalue weighted by Gasteiger charge is -2.08. The predicted molar refractivity (Wildman–Crippen MR) is 68.2 cm³/mol. The Kier molecular flexibility index (Phi) is 3.91. The molecule has 0 bridgehead atoms. The second-order valence-corrected chi connectivity index (χ2v) is 4.11. The zero-order chi connectivity index (χ0) is 13.8. The van der Waals surface area contributed by atoms with Crippen molar-refractivity contribution in [2.45, 2.75) is 6.54 Å². The van der Waals surface area contributed by atoms with Gasteiger partial charge in [-0.15, -0.1) is 0 Å². The van der Waals surface area contributed by atoms with Gasteiger partial charge in [0, 0.05) is 12.4 Å². The number of ether oxygens (including phenoxy) is 1. The van der Waals surface area contributed by atoms with E-state index >= 15 is 0 Å². The Morgan fingerprint density at radius 3 is 3.00 bits per heavy atom. The van der Waals surface area contributed by atoms with E-state index in [9.17, 15) is 9.59 Å². The summed E-state index contributed by atoms with van der Waals surface area (Å²) in [6.45, 7) is 0.0949. The van der Waals surface area contributed by atoms with E-state index in [2.05, 4.69) is 14.7 Å². The molecule has 0 saturated heterocycles. The summed E-state index contributed by atoms with van der Waals surface area (Å²) in [7, 11) is 1.28. The van der Waals surface area contributed by atoms with Crippen molar-refractivity contribution in [1.82, 2.24) is 14.5 Å². The Balaban J connectivity index is 2.41. The van der Waals surface area contributed by atoms with Crippen molar-refractivity contribution >= 4 is 17.6 Å². The summed E-state index contributed by atoms with van der Waals surface area (Å²) in [5.74, 6) is -0.508. The minimum Gasteiger partial charge on any atom is -0.465 e. The third-order valence-electron chi connectivity index (χ3n) is 2.44. The Labute approximate surface area is 113 Å². The maximum Gasteiger partial charge on any atom is 0.347 e. The van der Waals surface area contributed by atoms with Crippen LogP contribution in [0.3, 0.4) is 0 Å². The topological polar surface area (TPSA) is 74.1 Å². The van der Waals surface area contributed by atoms with Crippen LogP contribution in [-0.4, -0.2) is 27.6 Å². The molecule has 19 heavy (non-hydrogen) atoms. The number of pyridine rings is 1. The molecule has 0 atom stereocenters. The number of esters is 1. The zero-order valence-corrected chi connectivity index (χ0v) is 10.8. The van der Waals surface area contributed by atoms with Crippen molar-refractivity contribution in [2.24, 2.45) is 0 Å². The largest absolute Gasteiger partial charge is 0.465 e. The smallest absolute Gasteiger partial charge is 0.347 e. The highest BCUT2D eigenvalue weighted by Crippen LogP contribution is 2.09. The monoisotopic (exact) mass is 279 g/mol. The second-order valence-electron chi connectivity index (χ2n) is 3.67. The summed E-state index contributed by atoms with van der Waals surface area (Å²) < 4.78 is 5.94. The van der Waals surface area contributed by atoms with Gasteiger partial charge in [0.15, 0.2) is 0 Å². The molecule has 0 N–H and O–H groups in total. The highest BCUT2D eigenvalue weighted by atomic mass is 35.5. The van der Waals surface area contributed by atoms with E-state index in [1.165, 1.54) is 30.3 Å². The molecule has 0 amide bonds. The fourth-order valence-corrected chi connectivity index (χ4v) is 1.73. The molecule has 0 aliphatic carbocycles. The first-order valence-electron chi connectivity index (χ1n) is 5.36. The van der Waals surface area contributed by atoms with E-state index in [1.807, 2.05) is 0 Å². The lowest BCUT2D eigenvalue weighted by atomic mass is 10.2. The molecule has 98 valence electrons. The van der Waals surface area contributed by atoms with Gasteiger partial charge in [0.2, 0.25) is 0 Å². The molecule has 0 aliphatic heterocycles. The van der Waals surface area contributed by atoms with Crippen molar-refractivity contribution in [2.75, 3.05) is 7.11 Å². The number of carbonyl (C=O) groups excluding carboxylic acids is 1. The molecule has 0 radical (unpaired) electrons. The lowest BCUT2D eigenvalue weighted by molar-refractivity contribution is 0.0598. The molecule has 0 unspecified atom stereocenters. The SMILES string of the molecule is COC(=O)c1cccnc1Cn1cc(Cl)cnc1=O. The predicted octanol–water partition coefficient (Wildman–Crippen LogP) is 1.13. The molecule has 6 nitrogen and oxygen atoms in total. The van der Waals surface area contributed by atoms with E-state index in [4.69, 9.17) is 11.6 Å². The van der Waals surface area contributed by atoms with Gasteiger partial charge in [0.1, 0.15) is 0 Å². The average molecular weight is 280 g/mol. The molecule has 2 rings (SSSR count). The van der Waals surface area contributed by atoms with Crippen LogP contribution < -0.4 is 5.69 Å². The van der Waals surface area contributed by atoms with Crippen LogP contribution in [0, 0.1) is 0 Å². The molecule has 2 heterocycles. The average Bonchev–Trinajstić information content (AvgIpc) is 2.42. The highest BCUT2D eigenvalue weighted by Gasteiger charge is 2.13. The van der Waals surface area contributed by atoms with Crippen LogP contribution in [-0.2, 0) is 11.3 Å². The van der Waals surface area contributed by atoms with E-state index in [-0.39, 0.29) is 6.54 Å². The molecule has 7 heteroatoms. The van der Waals surface area contributed by atoms with Crippen LogP contribution in [0.15, 0.2) is 35.5 Å². The van der Waals surface area contributed by atoms with Gasteiger partial charge in [-0.05, 0) is 12.1 Å². The van der Waals surface area contributed by atoms with E-state index in [0.29, 0.717) is 16.3 Å². The summed E-state index contributed by atoms with van der Waals surface area (Å²) in [6.07, 6.45) is 4.23. The van der Waals surface area contributed by atoms with Crippen LogP contribution in [0.25, 0.3) is 0 Å². The first kappa shape index (κ1) is 13.2. The fourth-order valence-electron chi connectivity index (χ4n) is 1.56. The minimum absolute atomic E-state index is 0.0949. The zero-order valence-electron chi connectivity index (χ0n) is 10.0. The molecular formula is C12H10ClN3O3. The van der Waals surface area contributed by atoms with Gasteiger partial charge in [0.05, 0.1) is 36.1 Å². The van der Waals surface area contributed by atoms with Crippen LogP contribution in [0.1, 0.15) is 16.1 Å². The van der Waals surface area contributed by atoms with E-state index < -0.39 is 11.7 Å². The third kappa shape index (κ3) is 2.97. The first-order chi connectivity index (χ1) is 9.11. The van der Waals surface area contributed by atoms with Gasteiger partial charge in [-0.25, -0.2) is 14.6 Å². The summed E-state index contributed by atoms with van der Waals surface area (Å²) in [5, 5.41) is 0.329. The van der Waals surface area contributed by atoms with Gasteiger partial charge in [0.25, 0.3) is 0 Å². The maximum atomic E-state index is 11.6. The van der Waals surface area contributed by atoms with Crippen molar-refractivity contribution in [3.05, 3.63) is 57.5 Å². The molecule has 0 saturated carbocycles. The second kappa shape index (κ2) is 5.62. The van der Waals surface area contributed by atoms with Crippen molar-refractivity contribution in [3.63, 3.8) is 0 Å². The summed E-state index contributed by atoms with van der Waals surface area (Å²) in [4.78, 5) is 30.8. The molecule has 0 spiro atoms. The quantitative estimate of drug-likeness (QED) is 0.787. The standard InChI is InChI=1S/C12H10ClN3O3/c1-19-11(17)9-3-2-4-14-10(9)7-16-6-8(13)5-15-12(16)18/h2-6H,7H2,1H3. The van der Waals surface area contributed by atoms with Crippen LogP contribution >= 0.6 is 11.6 Å². The third-order valence-corrected chi connectivity index (χ3v) is 2.63. The molecule has 0 aromatic carbocycles. The van der Waals surface area contributed by atoms with Crippen LogP contribution in [0.5, 0.6) is 0 Å². The number of halogens is 1. The molecule has 0 fully saturated rings. The van der Waals surface area contributed by atoms with E-state index in [0.717, 1.165) is 0 Å².